The van der Waals surface area contributed by atoms with Gasteiger partial charge in [-0.3, -0.25) is 9.69 Å². The van der Waals surface area contributed by atoms with Crippen molar-refractivity contribution < 1.29 is 4.74 Å². The van der Waals surface area contributed by atoms with Crippen LogP contribution < -0.4 is 5.56 Å². The quantitative estimate of drug-likeness (QED) is 0.474. The van der Waals surface area contributed by atoms with Gasteiger partial charge in [0.05, 0.1) is 17.7 Å². The fourth-order valence-corrected chi connectivity index (χ4v) is 4.79. The Morgan fingerprint density at radius 3 is 2.82 bits per heavy atom. The van der Waals surface area contributed by atoms with E-state index in [1.54, 1.807) is 0 Å². The van der Waals surface area contributed by atoms with Crippen LogP contribution in [0.1, 0.15) is 82.8 Å². The number of hydrogen-bond donors (Lipinski definition) is 1. The second-order valence-corrected chi connectivity index (χ2v) is 10.2. The highest BCUT2D eigenvalue weighted by atomic mass is 16.5. The molecule has 1 N–H and O–H groups in total. The minimum Gasteiger partial charge on any atom is -0.377 e. The smallest absolute Gasteiger partial charge is 0.252 e. The van der Waals surface area contributed by atoms with Crippen LogP contribution in [0.25, 0.3) is 10.9 Å². The van der Waals surface area contributed by atoms with Crippen molar-refractivity contribution in [2.45, 2.75) is 91.0 Å². The summed E-state index contributed by atoms with van der Waals surface area (Å²) in [5, 5.41) is 14.0. The van der Waals surface area contributed by atoms with E-state index in [-0.39, 0.29) is 23.2 Å². The number of H-pyrrole nitrogens is 1. The molecule has 1 aromatic carbocycles. The van der Waals surface area contributed by atoms with Crippen molar-refractivity contribution in [1.82, 2.24) is 30.1 Å². The molecule has 8 heteroatoms. The fourth-order valence-electron chi connectivity index (χ4n) is 4.79. The first-order valence-electron chi connectivity index (χ1n) is 12.6. The summed E-state index contributed by atoms with van der Waals surface area (Å²) in [6.07, 6.45) is 5.07. The van der Waals surface area contributed by atoms with Crippen LogP contribution in [-0.2, 0) is 16.8 Å². The molecule has 4 rings (SSSR count). The molecule has 0 bridgehead atoms. The number of nitrogens with zero attached hydrogens (tertiary/aromatic N) is 5. The molecule has 2 aromatic heterocycles. The zero-order valence-electron chi connectivity index (χ0n) is 21.2. The van der Waals surface area contributed by atoms with Crippen molar-refractivity contribution in [3.63, 3.8) is 0 Å². The SMILES string of the molecule is CCC[C@@H](c1nnnn1C(C)(C)CC)N(Cc1cc2cc(C)ccc2[nH]c1=O)C[C@@H]1CCCO1. The minimum absolute atomic E-state index is 0.0115. The molecule has 0 unspecified atom stereocenters. The van der Waals surface area contributed by atoms with Gasteiger partial charge >= 0.3 is 0 Å². The predicted molar refractivity (Wildman–Crippen MR) is 134 cm³/mol. The van der Waals surface area contributed by atoms with E-state index in [0.717, 1.165) is 67.5 Å². The van der Waals surface area contributed by atoms with E-state index >= 15 is 0 Å². The van der Waals surface area contributed by atoms with Gasteiger partial charge in [-0.2, -0.15) is 0 Å². The Labute approximate surface area is 201 Å². The Morgan fingerprint density at radius 1 is 1.29 bits per heavy atom. The number of benzene rings is 1. The Kier molecular flexibility index (Phi) is 7.48. The molecule has 0 amide bonds. The van der Waals surface area contributed by atoms with Crippen LogP contribution in [0, 0.1) is 6.92 Å². The van der Waals surface area contributed by atoms with Gasteiger partial charge in [-0.1, -0.05) is 31.9 Å². The van der Waals surface area contributed by atoms with Crippen LogP contribution in [0.2, 0.25) is 0 Å². The molecule has 0 aliphatic carbocycles. The van der Waals surface area contributed by atoms with E-state index in [0.29, 0.717) is 6.54 Å². The maximum Gasteiger partial charge on any atom is 0.252 e. The lowest BCUT2D eigenvalue weighted by Gasteiger charge is -2.34. The third kappa shape index (κ3) is 5.23. The molecule has 0 spiro atoms. The van der Waals surface area contributed by atoms with Gasteiger partial charge in [-0.15, -0.1) is 5.10 Å². The van der Waals surface area contributed by atoms with Gasteiger partial charge in [-0.05, 0) is 80.5 Å². The lowest BCUT2D eigenvalue weighted by molar-refractivity contribution is 0.0462. The summed E-state index contributed by atoms with van der Waals surface area (Å²) in [5.41, 5.74) is 2.55. The van der Waals surface area contributed by atoms with E-state index < -0.39 is 0 Å². The molecule has 2 atom stereocenters. The van der Waals surface area contributed by atoms with E-state index in [1.165, 1.54) is 5.56 Å². The number of hydrogen-bond acceptors (Lipinski definition) is 6. The number of nitrogens with one attached hydrogen (secondary N) is 1. The number of pyridine rings is 1. The summed E-state index contributed by atoms with van der Waals surface area (Å²) in [6, 6.07) is 8.14. The summed E-state index contributed by atoms with van der Waals surface area (Å²) < 4.78 is 7.99. The Hall–Kier alpha value is -2.58. The lowest BCUT2D eigenvalue weighted by atomic mass is 10.00. The van der Waals surface area contributed by atoms with Crippen LogP contribution in [0.4, 0.5) is 0 Å². The standard InChI is InChI=1S/C26H38N6O2/c1-6-9-23(24-28-29-30-32(24)26(4,5)7-2)31(17-21-10-8-13-34-21)16-20-15-19-14-18(3)11-12-22(19)27-25(20)33/h11-12,14-15,21,23H,6-10,13,16-17H2,1-5H3,(H,27,33)/t21-,23-/m0/s1. The Bertz CT molecular complexity index is 1160. The highest BCUT2D eigenvalue weighted by Crippen LogP contribution is 2.31. The third-order valence-electron chi connectivity index (χ3n) is 7.15. The summed E-state index contributed by atoms with van der Waals surface area (Å²) in [4.78, 5) is 18.5. The van der Waals surface area contributed by atoms with Crippen molar-refractivity contribution in [2.24, 2.45) is 0 Å². The van der Waals surface area contributed by atoms with Gasteiger partial charge in [-0.25, -0.2) is 4.68 Å². The zero-order valence-corrected chi connectivity index (χ0v) is 21.2. The summed E-state index contributed by atoms with van der Waals surface area (Å²) in [6.45, 7) is 12.8. The highest BCUT2D eigenvalue weighted by Gasteiger charge is 2.33. The lowest BCUT2D eigenvalue weighted by Crippen LogP contribution is -2.39. The number of aromatic nitrogens is 5. The predicted octanol–water partition coefficient (Wildman–Crippen LogP) is 4.49. The maximum atomic E-state index is 13.1. The first-order valence-corrected chi connectivity index (χ1v) is 12.6. The van der Waals surface area contributed by atoms with E-state index in [2.05, 4.69) is 66.1 Å². The molecule has 1 aliphatic rings. The second kappa shape index (κ2) is 10.4. The van der Waals surface area contributed by atoms with Crippen molar-refractivity contribution in [2.75, 3.05) is 13.2 Å². The van der Waals surface area contributed by atoms with Crippen LogP contribution in [0.3, 0.4) is 0 Å². The third-order valence-corrected chi connectivity index (χ3v) is 7.15. The molecule has 3 aromatic rings. The van der Waals surface area contributed by atoms with Crippen molar-refractivity contribution in [3.05, 3.63) is 51.6 Å². The van der Waals surface area contributed by atoms with Gasteiger partial charge in [0.2, 0.25) is 0 Å². The van der Waals surface area contributed by atoms with E-state index in [1.807, 2.05) is 22.9 Å². The molecule has 8 nitrogen and oxygen atoms in total. The molecule has 34 heavy (non-hydrogen) atoms. The number of rotatable bonds is 10. The molecule has 1 saturated heterocycles. The Morgan fingerprint density at radius 2 is 2.12 bits per heavy atom. The van der Waals surface area contributed by atoms with Crippen molar-refractivity contribution >= 4 is 10.9 Å². The molecular weight excluding hydrogens is 428 g/mol. The molecule has 1 aliphatic heterocycles. The topological polar surface area (TPSA) is 88.9 Å². The van der Waals surface area contributed by atoms with E-state index in [4.69, 9.17) is 4.74 Å². The van der Waals surface area contributed by atoms with Gasteiger partial charge < -0.3 is 9.72 Å². The molecule has 184 valence electrons. The first-order chi connectivity index (χ1) is 16.3. The highest BCUT2D eigenvalue weighted by molar-refractivity contribution is 5.79. The monoisotopic (exact) mass is 466 g/mol. The zero-order chi connectivity index (χ0) is 24.3. The maximum absolute atomic E-state index is 13.1. The number of aromatic amines is 1. The van der Waals surface area contributed by atoms with Gasteiger partial charge in [0.25, 0.3) is 5.56 Å². The number of ether oxygens (including phenoxy) is 1. The summed E-state index contributed by atoms with van der Waals surface area (Å²) in [7, 11) is 0. The second-order valence-electron chi connectivity index (χ2n) is 10.2. The van der Waals surface area contributed by atoms with Crippen LogP contribution in [-0.4, -0.2) is 49.3 Å². The molecular formula is C26H38N6O2. The number of aryl methyl sites for hydroxylation is 1. The molecule has 0 saturated carbocycles. The van der Waals surface area contributed by atoms with Crippen molar-refractivity contribution in [1.29, 1.82) is 0 Å². The van der Waals surface area contributed by atoms with Gasteiger partial charge in [0, 0.05) is 30.8 Å². The molecule has 1 fully saturated rings. The average Bonchev–Trinajstić information content (AvgIpc) is 3.50. The average molecular weight is 467 g/mol. The normalized spacial score (nSPS) is 17.6. The number of fused-ring (bicyclic) bond motifs is 1. The number of tetrazole rings is 1. The van der Waals surface area contributed by atoms with Gasteiger partial charge in [0.15, 0.2) is 5.82 Å². The van der Waals surface area contributed by atoms with Crippen molar-refractivity contribution in [3.8, 4) is 0 Å². The largest absolute Gasteiger partial charge is 0.377 e. The van der Waals surface area contributed by atoms with Crippen LogP contribution in [0.15, 0.2) is 29.1 Å². The summed E-state index contributed by atoms with van der Waals surface area (Å²) >= 11 is 0. The van der Waals surface area contributed by atoms with Gasteiger partial charge in [0.1, 0.15) is 0 Å². The molecule has 3 heterocycles. The van der Waals surface area contributed by atoms with E-state index in [9.17, 15) is 4.79 Å². The first kappa shape index (κ1) is 24.5. The Balaban J connectivity index is 1.74. The van der Waals surface area contributed by atoms with Crippen LogP contribution >= 0.6 is 0 Å². The van der Waals surface area contributed by atoms with Crippen LogP contribution in [0.5, 0.6) is 0 Å². The fraction of sp³-hybridized carbons (Fsp3) is 0.615. The summed E-state index contributed by atoms with van der Waals surface area (Å²) in [5.74, 6) is 0.861. The minimum atomic E-state index is -0.196. The molecule has 0 radical (unpaired) electrons.